The molecule has 1 amide bonds. The van der Waals surface area contributed by atoms with Gasteiger partial charge in [0, 0.05) is 24.6 Å². The fraction of sp³-hybridized carbons (Fsp3) is 0.303. The van der Waals surface area contributed by atoms with Gasteiger partial charge in [-0.2, -0.15) is 0 Å². The highest BCUT2D eigenvalue weighted by Crippen LogP contribution is 2.52. The van der Waals surface area contributed by atoms with Crippen molar-refractivity contribution in [2.75, 3.05) is 0 Å². The second-order valence-electron chi connectivity index (χ2n) is 11.7. The van der Waals surface area contributed by atoms with E-state index in [0.29, 0.717) is 18.7 Å². The highest BCUT2D eigenvalue weighted by molar-refractivity contribution is 6.24. The van der Waals surface area contributed by atoms with Gasteiger partial charge in [-0.25, -0.2) is 4.39 Å². The monoisotopic (exact) mass is 586 g/mol. The number of fused-ring (bicyclic) bond motifs is 3. The van der Waals surface area contributed by atoms with Crippen LogP contribution in [0.3, 0.4) is 0 Å². The number of nitrogens with one attached hydrogen (secondary N) is 1. The van der Waals surface area contributed by atoms with Gasteiger partial charge in [0.05, 0.1) is 11.7 Å². The molecule has 10 heteroatoms. The van der Waals surface area contributed by atoms with Crippen LogP contribution < -0.4 is 11.1 Å². The van der Waals surface area contributed by atoms with E-state index in [1.54, 1.807) is 12.1 Å². The zero-order valence-electron chi connectivity index (χ0n) is 23.1. The molecule has 3 aliphatic carbocycles. The number of ketones is 2. The summed E-state index contributed by atoms with van der Waals surface area (Å²) < 4.78 is 13.4. The maximum Gasteiger partial charge on any atom is 0.230 e. The molecule has 2 fully saturated rings. The summed E-state index contributed by atoms with van der Waals surface area (Å²) in [5.41, 5.74) is 6.55. The van der Waals surface area contributed by atoms with Crippen LogP contribution in [-0.2, 0) is 33.9 Å². The number of primary amides is 1. The number of Topliss-reactive ketones (excluding diaryl/α,β-unsaturated/α-hetero) is 2. The summed E-state index contributed by atoms with van der Waals surface area (Å²) in [5.74, 6) is -7.70. The first-order chi connectivity index (χ1) is 20.5. The molecule has 5 atom stereocenters. The molecule has 0 bridgehead atoms. The number of phenolic OH excluding ortho intramolecular Hbond substituents is 1. The Morgan fingerprint density at radius 1 is 1.00 bits per heavy atom. The van der Waals surface area contributed by atoms with Crippen LogP contribution in [0.2, 0.25) is 0 Å². The lowest BCUT2D eigenvalue weighted by atomic mass is 9.56. The third-order valence-electron chi connectivity index (χ3n) is 9.08. The second-order valence-corrected chi connectivity index (χ2v) is 11.7. The first-order valence-corrected chi connectivity index (χ1v) is 14.1. The van der Waals surface area contributed by atoms with E-state index in [1.807, 2.05) is 30.3 Å². The average molecular weight is 587 g/mol. The second kappa shape index (κ2) is 10.7. The molecule has 2 unspecified atom stereocenters. The molecule has 9 nitrogen and oxygen atoms in total. The number of phenols is 1. The molecule has 3 aromatic carbocycles. The molecule has 7 N–H and O–H groups in total. The summed E-state index contributed by atoms with van der Waals surface area (Å²) in [4.78, 5) is 38.7. The van der Waals surface area contributed by atoms with Gasteiger partial charge in [0.15, 0.2) is 11.4 Å². The minimum absolute atomic E-state index is 0.0507. The molecule has 0 heterocycles. The van der Waals surface area contributed by atoms with Gasteiger partial charge in [0.25, 0.3) is 0 Å². The minimum atomic E-state index is -2.61. The van der Waals surface area contributed by atoms with Crippen molar-refractivity contribution in [2.45, 2.75) is 44.1 Å². The number of aliphatic hydroxyl groups is 3. The molecule has 3 aliphatic rings. The number of rotatable bonds is 6. The van der Waals surface area contributed by atoms with Crippen LogP contribution >= 0.6 is 0 Å². The number of aromatic hydroxyl groups is 1. The van der Waals surface area contributed by atoms with Gasteiger partial charge in [-0.05, 0) is 71.2 Å². The molecule has 3 aromatic rings. The Morgan fingerprint density at radius 2 is 1.72 bits per heavy atom. The summed E-state index contributed by atoms with van der Waals surface area (Å²) in [6.45, 7) is 1.05. The van der Waals surface area contributed by atoms with Crippen LogP contribution in [0.25, 0.3) is 16.9 Å². The van der Waals surface area contributed by atoms with E-state index < -0.39 is 52.7 Å². The first-order valence-electron chi connectivity index (χ1n) is 14.1. The van der Waals surface area contributed by atoms with Crippen molar-refractivity contribution < 1.29 is 39.2 Å². The Balaban J connectivity index is 1.30. The first kappa shape index (κ1) is 28.7. The van der Waals surface area contributed by atoms with E-state index >= 15 is 0 Å². The largest absolute Gasteiger partial charge is 0.507 e. The number of hydrogen-bond acceptors (Lipinski definition) is 8. The number of carbonyl (C=O) groups is 3. The van der Waals surface area contributed by atoms with Gasteiger partial charge in [0.1, 0.15) is 23.2 Å². The number of amides is 1. The molecular weight excluding hydrogens is 555 g/mol. The van der Waals surface area contributed by atoms with Crippen molar-refractivity contribution in [2.24, 2.45) is 23.5 Å². The maximum atomic E-state index is 13.7. The quantitative estimate of drug-likeness (QED) is 0.240. The number of aliphatic hydroxyl groups excluding tert-OH is 2. The average Bonchev–Trinajstić information content (AvgIpc) is 2.95. The van der Waals surface area contributed by atoms with E-state index in [4.69, 9.17) is 5.73 Å². The highest BCUT2D eigenvalue weighted by Gasteiger charge is 2.64. The Bertz CT molecular complexity index is 1680. The molecule has 43 heavy (non-hydrogen) atoms. The molecular formula is C33H31FN2O7. The van der Waals surface area contributed by atoms with E-state index in [1.165, 1.54) is 18.2 Å². The predicted octanol–water partition coefficient (Wildman–Crippen LogP) is 2.68. The van der Waals surface area contributed by atoms with E-state index in [-0.39, 0.29) is 42.0 Å². The molecule has 2 saturated carbocycles. The lowest BCUT2D eigenvalue weighted by Crippen LogP contribution is -2.66. The normalized spacial score (nSPS) is 26.5. The third-order valence-corrected chi connectivity index (χ3v) is 9.08. The lowest BCUT2D eigenvalue weighted by molar-refractivity contribution is -0.174. The Morgan fingerprint density at radius 3 is 2.42 bits per heavy atom. The summed E-state index contributed by atoms with van der Waals surface area (Å²) >= 11 is 0. The lowest BCUT2D eigenvalue weighted by Gasteiger charge is -2.48. The fourth-order valence-corrected chi connectivity index (χ4v) is 7.00. The SMILES string of the molecule is NC(=O)C1C(=O)[C@@]2(O)C(=O)C3=C(O)c4c(O)ccc(-c5ccc(CNCc6cccc(F)c6)cc5)c4C[C@H]3C[C@H]2CC1O. The highest BCUT2D eigenvalue weighted by atomic mass is 19.1. The predicted molar refractivity (Wildman–Crippen MR) is 154 cm³/mol. The summed E-state index contributed by atoms with van der Waals surface area (Å²) in [6, 6.07) is 17.2. The summed E-state index contributed by atoms with van der Waals surface area (Å²) in [6.07, 6.45) is -1.28. The number of benzene rings is 3. The van der Waals surface area contributed by atoms with Crippen molar-refractivity contribution in [3.05, 3.63) is 94.3 Å². The number of carbonyl (C=O) groups excluding carboxylic acids is 3. The molecule has 0 aromatic heterocycles. The van der Waals surface area contributed by atoms with Crippen molar-refractivity contribution in [3.63, 3.8) is 0 Å². The van der Waals surface area contributed by atoms with Crippen molar-refractivity contribution in [1.82, 2.24) is 5.32 Å². The van der Waals surface area contributed by atoms with Crippen molar-refractivity contribution >= 4 is 23.2 Å². The van der Waals surface area contributed by atoms with Crippen LogP contribution in [0.4, 0.5) is 4.39 Å². The van der Waals surface area contributed by atoms with Gasteiger partial charge < -0.3 is 31.5 Å². The van der Waals surface area contributed by atoms with E-state index in [0.717, 1.165) is 22.3 Å². The Labute approximate surface area is 246 Å². The van der Waals surface area contributed by atoms with Crippen molar-refractivity contribution in [1.29, 1.82) is 0 Å². The number of halogens is 1. The number of nitrogens with two attached hydrogens (primary N) is 1. The molecule has 6 rings (SSSR count). The van der Waals surface area contributed by atoms with Crippen LogP contribution in [0.5, 0.6) is 5.75 Å². The third kappa shape index (κ3) is 4.71. The summed E-state index contributed by atoms with van der Waals surface area (Å²) in [5, 5.41) is 47.3. The maximum absolute atomic E-state index is 13.7. The number of hydrogen-bond donors (Lipinski definition) is 6. The molecule has 222 valence electrons. The topological polar surface area (TPSA) is 170 Å². The molecule has 0 saturated heterocycles. The van der Waals surface area contributed by atoms with Gasteiger partial charge in [0.2, 0.25) is 11.7 Å². The Hall–Kier alpha value is -4.38. The molecule has 0 aliphatic heterocycles. The standard InChI is InChI=1S/C33H31FN2O7/c34-21-3-1-2-17(10-21)15-36-14-16-4-6-18(7-5-16)22-8-9-24(37)27-23(22)12-19-11-20-13-25(38)28(32(35)42)31(41)33(20,43)30(40)26(19)29(27)39/h1-10,19-20,25,28,36-39,43H,11-15H2,(H2,35,42)/t19-,20+,25?,28?,33+/m1/s1. The van der Waals surface area contributed by atoms with E-state index in [9.17, 15) is 39.2 Å². The van der Waals surface area contributed by atoms with Crippen LogP contribution in [0, 0.1) is 23.6 Å². The van der Waals surface area contributed by atoms with Crippen molar-refractivity contribution in [3.8, 4) is 16.9 Å². The van der Waals surface area contributed by atoms with Gasteiger partial charge in [-0.15, -0.1) is 0 Å². The van der Waals surface area contributed by atoms with Gasteiger partial charge >= 0.3 is 0 Å². The fourth-order valence-electron chi connectivity index (χ4n) is 7.00. The molecule has 0 spiro atoms. The van der Waals surface area contributed by atoms with E-state index in [2.05, 4.69) is 5.32 Å². The minimum Gasteiger partial charge on any atom is -0.507 e. The smallest absolute Gasteiger partial charge is 0.230 e. The molecule has 0 radical (unpaired) electrons. The van der Waals surface area contributed by atoms with Crippen LogP contribution in [0.15, 0.2) is 66.2 Å². The summed E-state index contributed by atoms with van der Waals surface area (Å²) in [7, 11) is 0. The van der Waals surface area contributed by atoms with Crippen LogP contribution in [-0.4, -0.2) is 49.6 Å². The van der Waals surface area contributed by atoms with Gasteiger partial charge in [-0.3, -0.25) is 14.4 Å². The van der Waals surface area contributed by atoms with Crippen LogP contribution in [0.1, 0.15) is 35.1 Å². The van der Waals surface area contributed by atoms with Gasteiger partial charge in [-0.1, -0.05) is 42.5 Å². The Kier molecular flexibility index (Phi) is 7.16. The zero-order valence-corrected chi connectivity index (χ0v) is 23.1. The zero-order chi connectivity index (χ0) is 30.6.